The van der Waals surface area contributed by atoms with Crippen molar-refractivity contribution in [1.82, 2.24) is 29.3 Å². The fraction of sp³-hybridized carbons (Fsp3) is 0.250. The van der Waals surface area contributed by atoms with Crippen molar-refractivity contribution in [3.63, 3.8) is 0 Å². The van der Waals surface area contributed by atoms with Crippen molar-refractivity contribution in [2.45, 2.75) is 19.8 Å². The molecule has 5 aromatic rings. The first-order valence-corrected chi connectivity index (χ1v) is 12.4. The first-order valence-electron chi connectivity index (χ1n) is 12.4. The summed E-state index contributed by atoms with van der Waals surface area (Å²) in [6, 6.07) is 24.1. The Bertz CT molecular complexity index is 1450. The molecule has 0 radical (unpaired) electrons. The van der Waals surface area contributed by atoms with E-state index in [1.165, 1.54) is 25.9 Å². The highest BCUT2D eigenvalue weighted by atomic mass is 16.5. The molecule has 1 aliphatic rings. The average Bonchev–Trinajstić information content (AvgIpc) is 3.65. The third kappa shape index (κ3) is 4.55. The van der Waals surface area contributed by atoms with Crippen molar-refractivity contribution in [1.29, 1.82) is 0 Å². The van der Waals surface area contributed by atoms with Crippen LogP contribution in [0.2, 0.25) is 0 Å². The van der Waals surface area contributed by atoms with E-state index >= 15 is 0 Å². The molecule has 8 nitrogen and oxygen atoms in total. The number of para-hydroxylation sites is 1. The molecule has 8 heteroatoms. The summed E-state index contributed by atoms with van der Waals surface area (Å²) in [5.74, 6) is 1.41. The second-order valence-corrected chi connectivity index (χ2v) is 9.05. The number of anilines is 2. The number of pyridine rings is 1. The van der Waals surface area contributed by atoms with Crippen LogP contribution in [0, 0.1) is 6.92 Å². The molecule has 0 atom stereocenters. The molecule has 1 N–H and O–H groups in total. The molecule has 2 aromatic carbocycles. The molecule has 1 fully saturated rings. The maximum absolute atomic E-state index is 5.92. The van der Waals surface area contributed by atoms with Crippen LogP contribution in [0.4, 0.5) is 11.6 Å². The fourth-order valence-corrected chi connectivity index (χ4v) is 4.72. The second-order valence-electron chi connectivity index (χ2n) is 9.05. The molecular weight excluding hydrogens is 450 g/mol. The van der Waals surface area contributed by atoms with Gasteiger partial charge in [0.25, 0.3) is 0 Å². The molecule has 182 valence electrons. The van der Waals surface area contributed by atoms with Crippen molar-refractivity contribution < 1.29 is 4.74 Å². The van der Waals surface area contributed by atoms with Crippen molar-refractivity contribution in [3.8, 4) is 22.7 Å². The summed E-state index contributed by atoms with van der Waals surface area (Å²) in [5, 5.41) is 12.7. The number of rotatable bonds is 8. The largest absolute Gasteiger partial charge is 0.492 e. The van der Waals surface area contributed by atoms with Gasteiger partial charge in [-0.3, -0.25) is 4.90 Å². The van der Waals surface area contributed by atoms with Crippen LogP contribution in [-0.2, 0) is 0 Å². The van der Waals surface area contributed by atoms with Crippen LogP contribution in [0.3, 0.4) is 0 Å². The van der Waals surface area contributed by atoms with Gasteiger partial charge in [0.1, 0.15) is 12.4 Å². The fourth-order valence-electron chi connectivity index (χ4n) is 4.72. The molecule has 0 spiro atoms. The highest BCUT2D eigenvalue weighted by Crippen LogP contribution is 2.26. The zero-order chi connectivity index (χ0) is 24.3. The summed E-state index contributed by atoms with van der Waals surface area (Å²) >= 11 is 0. The van der Waals surface area contributed by atoms with E-state index in [0.717, 1.165) is 46.3 Å². The van der Waals surface area contributed by atoms with Gasteiger partial charge in [-0.1, -0.05) is 24.3 Å². The van der Waals surface area contributed by atoms with Crippen LogP contribution in [0.1, 0.15) is 18.5 Å². The van der Waals surface area contributed by atoms with Gasteiger partial charge in [-0.05, 0) is 81.4 Å². The number of benzene rings is 2. The van der Waals surface area contributed by atoms with Crippen molar-refractivity contribution >= 4 is 17.3 Å². The number of ether oxygens (including phenoxy) is 1. The summed E-state index contributed by atoms with van der Waals surface area (Å²) in [5.41, 5.74) is 5.69. The molecule has 36 heavy (non-hydrogen) atoms. The van der Waals surface area contributed by atoms with Gasteiger partial charge in [-0.25, -0.2) is 9.20 Å². The second kappa shape index (κ2) is 9.83. The first kappa shape index (κ1) is 22.3. The Labute approximate surface area is 210 Å². The molecule has 0 saturated carbocycles. The van der Waals surface area contributed by atoms with E-state index in [1.807, 2.05) is 88.2 Å². The van der Waals surface area contributed by atoms with Gasteiger partial charge >= 0.3 is 0 Å². The highest BCUT2D eigenvalue weighted by Gasteiger charge is 2.15. The Kier molecular flexibility index (Phi) is 6.09. The number of likely N-dealkylation sites (tertiary alicyclic amines) is 1. The van der Waals surface area contributed by atoms with Crippen molar-refractivity contribution in [2.24, 2.45) is 0 Å². The molecule has 0 bridgehead atoms. The van der Waals surface area contributed by atoms with Crippen molar-refractivity contribution in [3.05, 3.63) is 84.7 Å². The van der Waals surface area contributed by atoms with E-state index in [2.05, 4.69) is 27.2 Å². The van der Waals surface area contributed by atoms with Crippen LogP contribution in [0.15, 0.2) is 79.0 Å². The summed E-state index contributed by atoms with van der Waals surface area (Å²) in [6.07, 6.45) is 4.49. The smallest absolute Gasteiger partial charge is 0.247 e. The minimum absolute atomic E-state index is 0.540. The van der Waals surface area contributed by atoms with Crippen molar-refractivity contribution in [2.75, 3.05) is 31.6 Å². The lowest BCUT2D eigenvalue weighted by Crippen LogP contribution is -2.25. The summed E-state index contributed by atoms with van der Waals surface area (Å²) in [4.78, 5) is 7.13. The van der Waals surface area contributed by atoms with E-state index in [0.29, 0.717) is 12.6 Å². The third-order valence-corrected chi connectivity index (χ3v) is 6.63. The van der Waals surface area contributed by atoms with Gasteiger partial charge in [0.2, 0.25) is 5.95 Å². The molecule has 6 rings (SSSR count). The summed E-state index contributed by atoms with van der Waals surface area (Å²) < 4.78 is 9.72. The van der Waals surface area contributed by atoms with E-state index in [4.69, 9.17) is 9.84 Å². The molecular formula is C28H29N7O. The van der Waals surface area contributed by atoms with Crippen LogP contribution in [-0.4, -0.2) is 55.5 Å². The first-order chi connectivity index (χ1) is 17.7. The van der Waals surface area contributed by atoms with Gasteiger partial charge in [-0.2, -0.15) is 10.1 Å². The number of nitrogens with zero attached hydrogens (tertiary/aromatic N) is 6. The number of hydrogen-bond donors (Lipinski definition) is 1. The number of hydrogen-bond acceptors (Lipinski definition) is 6. The lowest BCUT2D eigenvalue weighted by atomic mass is 10.1. The quantitative estimate of drug-likeness (QED) is 0.334. The minimum atomic E-state index is 0.540. The lowest BCUT2D eigenvalue weighted by Gasteiger charge is -2.15. The van der Waals surface area contributed by atoms with Gasteiger partial charge in [0.15, 0.2) is 5.65 Å². The van der Waals surface area contributed by atoms with Gasteiger partial charge in [0, 0.05) is 17.8 Å². The predicted octanol–water partition coefficient (Wildman–Crippen LogP) is 5.11. The van der Waals surface area contributed by atoms with E-state index < -0.39 is 0 Å². The Morgan fingerprint density at radius 3 is 2.53 bits per heavy atom. The van der Waals surface area contributed by atoms with Gasteiger partial charge in [-0.15, -0.1) is 5.10 Å². The van der Waals surface area contributed by atoms with Crippen LogP contribution < -0.4 is 10.1 Å². The van der Waals surface area contributed by atoms with E-state index in [1.54, 1.807) is 0 Å². The summed E-state index contributed by atoms with van der Waals surface area (Å²) in [7, 11) is 0. The minimum Gasteiger partial charge on any atom is -0.492 e. The molecule has 0 aliphatic carbocycles. The molecule has 4 heterocycles. The van der Waals surface area contributed by atoms with Gasteiger partial charge < -0.3 is 10.1 Å². The van der Waals surface area contributed by atoms with E-state index in [9.17, 15) is 0 Å². The normalized spacial score (nSPS) is 13.9. The maximum Gasteiger partial charge on any atom is 0.247 e. The standard InChI is InChI=1S/C28H29N7O/c1-21-25(20-29-34(21)23-8-3-2-4-9-23)26-10-7-11-27-31-28(32-35(26)27)30-22-12-14-24(15-13-22)36-19-18-33-16-5-6-17-33/h2-4,7-15,20H,5-6,16-19H2,1H3,(H,30,32). The highest BCUT2D eigenvalue weighted by molar-refractivity contribution is 5.67. The average molecular weight is 480 g/mol. The molecule has 0 unspecified atom stereocenters. The Balaban J connectivity index is 1.18. The maximum atomic E-state index is 5.92. The van der Waals surface area contributed by atoms with Crippen LogP contribution in [0.25, 0.3) is 22.6 Å². The molecule has 1 saturated heterocycles. The Morgan fingerprint density at radius 2 is 1.72 bits per heavy atom. The summed E-state index contributed by atoms with van der Waals surface area (Å²) in [6.45, 7) is 6.14. The molecule has 1 aliphatic heterocycles. The van der Waals surface area contributed by atoms with E-state index in [-0.39, 0.29) is 0 Å². The predicted molar refractivity (Wildman–Crippen MR) is 141 cm³/mol. The number of aromatic nitrogens is 5. The lowest BCUT2D eigenvalue weighted by molar-refractivity contribution is 0.238. The van der Waals surface area contributed by atoms with Crippen LogP contribution in [0.5, 0.6) is 5.75 Å². The monoisotopic (exact) mass is 479 g/mol. The third-order valence-electron chi connectivity index (χ3n) is 6.63. The topological polar surface area (TPSA) is 72.5 Å². The SMILES string of the molecule is Cc1c(-c2cccc3nc(Nc4ccc(OCCN5CCCC5)cc4)nn23)cnn1-c1ccccc1. The number of fused-ring (bicyclic) bond motifs is 1. The Morgan fingerprint density at radius 1 is 0.917 bits per heavy atom. The molecule has 0 amide bonds. The van der Waals surface area contributed by atoms with Gasteiger partial charge in [0.05, 0.1) is 23.3 Å². The zero-order valence-electron chi connectivity index (χ0n) is 20.3. The zero-order valence-corrected chi connectivity index (χ0v) is 20.3. The molecule has 3 aromatic heterocycles. The van der Waals surface area contributed by atoms with Crippen LogP contribution >= 0.6 is 0 Å². The number of nitrogens with one attached hydrogen (secondary N) is 1. The Hall–Kier alpha value is -4.17.